The van der Waals surface area contributed by atoms with Crippen LogP contribution in [0, 0.1) is 0 Å². The first-order valence-corrected chi connectivity index (χ1v) is 7.80. The van der Waals surface area contributed by atoms with Gasteiger partial charge in [-0.1, -0.05) is 6.07 Å². The van der Waals surface area contributed by atoms with Crippen LogP contribution >= 0.6 is 0 Å². The predicted molar refractivity (Wildman–Crippen MR) is 82.0 cm³/mol. The van der Waals surface area contributed by atoms with Crippen molar-refractivity contribution in [3.8, 4) is 5.75 Å². The lowest BCUT2D eigenvalue weighted by Crippen LogP contribution is -2.49. The summed E-state index contributed by atoms with van der Waals surface area (Å²) in [5, 5.41) is 3.38. The molecule has 1 atom stereocenters. The molecule has 0 aromatic heterocycles. The average molecular weight is 274 g/mol. The summed E-state index contributed by atoms with van der Waals surface area (Å²) in [6.45, 7) is 10.9. The fraction of sp³-hybridized carbons (Fsp3) is 0.647. The Kier molecular flexibility index (Phi) is 3.74. The zero-order valence-corrected chi connectivity index (χ0v) is 12.9. The Bertz CT molecular complexity index is 486. The van der Waals surface area contributed by atoms with E-state index in [0.717, 1.165) is 25.4 Å². The minimum atomic E-state index is 0.186. The van der Waals surface area contributed by atoms with Gasteiger partial charge < -0.3 is 10.1 Å². The number of hydrogen-bond donors (Lipinski definition) is 1. The monoisotopic (exact) mass is 274 g/mol. The molecule has 0 saturated carbocycles. The van der Waals surface area contributed by atoms with Crippen LogP contribution in [0.2, 0.25) is 0 Å². The lowest BCUT2D eigenvalue weighted by Gasteiger charge is -2.37. The second kappa shape index (κ2) is 5.38. The maximum absolute atomic E-state index is 6.13. The molecule has 3 rings (SSSR count). The quantitative estimate of drug-likeness (QED) is 0.913. The Balaban J connectivity index is 1.67. The van der Waals surface area contributed by atoms with Crippen LogP contribution in [0.5, 0.6) is 5.75 Å². The molecule has 2 heterocycles. The fourth-order valence-corrected chi connectivity index (χ4v) is 3.68. The summed E-state index contributed by atoms with van der Waals surface area (Å²) >= 11 is 0. The highest BCUT2D eigenvalue weighted by Gasteiger charge is 2.38. The number of benzene rings is 1. The molecule has 3 heteroatoms. The summed E-state index contributed by atoms with van der Waals surface area (Å²) in [6.07, 6.45) is 2.52. The van der Waals surface area contributed by atoms with Crippen molar-refractivity contribution in [2.75, 3.05) is 13.2 Å². The number of fused-ring (bicyclic) bond motifs is 1. The minimum Gasteiger partial charge on any atom is -0.492 e. The number of nitrogens with one attached hydrogen (secondary N) is 1. The van der Waals surface area contributed by atoms with Crippen molar-refractivity contribution in [1.82, 2.24) is 10.2 Å². The van der Waals surface area contributed by atoms with Crippen LogP contribution < -0.4 is 10.1 Å². The summed E-state index contributed by atoms with van der Waals surface area (Å²) in [4.78, 5) is 2.59. The van der Waals surface area contributed by atoms with E-state index in [1.807, 2.05) is 0 Å². The van der Waals surface area contributed by atoms with E-state index in [1.165, 1.54) is 30.5 Å². The lowest BCUT2D eigenvalue weighted by atomic mass is 9.99. The van der Waals surface area contributed by atoms with Gasteiger partial charge in [0.05, 0.1) is 5.54 Å². The first kappa shape index (κ1) is 13.9. The molecule has 0 spiro atoms. The maximum Gasteiger partial charge on any atom is 0.119 e. The number of hydrogen-bond acceptors (Lipinski definition) is 3. The second-order valence-corrected chi connectivity index (χ2v) is 6.71. The zero-order valence-electron chi connectivity index (χ0n) is 12.9. The number of ether oxygens (including phenoxy) is 1. The molecule has 1 saturated heterocycles. The van der Waals surface area contributed by atoms with E-state index in [0.29, 0.717) is 6.04 Å². The van der Waals surface area contributed by atoms with E-state index < -0.39 is 0 Å². The van der Waals surface area contributed by atoms with E-state index in [9.17, 15) is 0 Å². The van der Waals surface area contributed by atoms with Gasteiger partial charge in [0, 0.05) is 19.1 Å². The molecule has 1 aromatic rings. The van der Waals surface area contributed by atoms with Gasteiger partial charge in [-0.2, -0.15) is 0 Å². The van der Waals surface area contributed by atoms with E-state index in [-0.39, 0.29) is 5.54 Å². The largest absolute Gasteiger partial charge is 0.492 e. The van der Waals surface area contributed by atoms with Crippen molar-refractivity contribution >= 4 is 0 Å². The highest BCUT2D eigenvalue weighted by molar-refractivity contribution is 5.37. The molecular weight excluding hydrogens is 248 g/mol. The van der Waals surface area contributed by atoms with Gasteiger partial charge in [-0.3, -0.25) is 4.90 Å². The lowest BCUT2D eigenvalue weighted by molar-refractivity contribution is 0.0664. The van der Waals surface area contributed by atoms with Gasteiger partial charge in [0.1, 0.15) is 12.4 Å². The van der Waals surface area contributed by atoms with Crippen LogP contribution in [0.1, 0.15) is 44.7 Å². The molecule has 1 aromatic carbocycles. The average Bonchev–Trinajstić information content (AvgIpc) is 3.02. The Hall–Kier alpha value is -1.06. The van der Waals surface area contributed by atoms with Crippen molar-refractivity contribution < 1.29 is 4.74 Å². The standard InChI is InChI=1S/C17H26N2O/c1-13(2)19-8-4-7-17(19,3)12-20-16-6-5-14-10-18-11-15(14)9-16/h5-6,9,13,18H,4,7-8,10-12H2,1-3H3. The first-order chi connectivity index (χ1) is 9.58. The number of nitrogens with zero attached hydrogens (tertiary/aromatic N) is 1. The minimum absolute atomic E-state index is 0.186. The van der Waals surface area contributed by atoms with Crippen LogP contribution in [-0.4, -0.2) is 29.6 Å². The summed E-state index contributed by atoms with van der Waals surface area (Å²) in [6, 6.07) is 7.11. The highest BCUT2D eigenvalue weighted by Crippen LogP contribution is 2.32. The van der Waals surface area contributed by atoms with Gasteiger partial charge in [-0.15, -0.1) is 0 Å². The van der Waals surface area contributed by atoms with Crippen molar-refractivity contribution in [2.24, 2.45) is 0 Å². The topological polar surface area (TPSA) is 24.5 Å². The Morgan fingerprint density at radius 2 is 2.10 bits per heavy atom. The van der Waals surface area contributed by atoms with Crippen LogP contribution in [0.3, 0.4) is 0 Å². The smallest absolute Gasteiger partial charge is 0.119 e. The molecule has 0 amide bonds. The van der Waals surface area contributed by atoms with Crippen molar-refractivity contribution in [3.63, 3.8) is 0 Å². The molecule has 1 N–H and O–H groups in total. The van der Waals surface area contributed by atoms with Crippen molar-refractivity contribution in [2.45, 2.75) is 58.3 Å². The van der Waals surface area contributed by atoms with Gasteiger partial charge in [0.2, 0.25) is 0 Å². The summed E-state index contributed by atoms with van der Waals surface area (Å²) in [7, 11) is 0. The van der Waals surface area contributed by atoms with Gasteiger partial charge >= 0.3 is 0 Å². The molecule has 3 nitrogen and oxygen atoms in total. The van der Waals surface area contributed by atoms with Crippen LogP contribution in [0.15, 0.2) is 18.2 Å². The third-order valence-corrected chi connectivity index (χ3v) is 4.79. The third kappa shape index (κ3) is 2.57. The molecule has 0 aliphatic carbocycles. The van der Waals surface area contributed by atoms with E-state index in [2.05, 4.69) is 49.2 Å². The Labute approximate surface area is 122 Å². The summed E-state index contributed by atoms with van der Waals surface area (Å²) in [5.74, 6) is 1.02. The Morgan fingerprint density at radius 1 is 1.30 bits per heavy atom. The molecule has 1 fully saturated rings. The second-order valence-electron chi connectivity index (χ2n) is 6.71. The summed E-state index contributed by atoms with van der Waals surface area (Å²) < 4.78 is 6.13. The molecule has 1 unspecified atom stereocenters. The van der Waals surface area contributed by atoms with E-state index in [4.69, 9.17) is 4.74 Å². The maximum atomic E-state index is 6.13. The fourth-order valence-electron chi connectivity index (χ4n) is 3.68. The van der Waals surface area contributed by atoms with E-state index in [1.54, 1.807) is 0 Å². The molecular formula is C17H26N2O. The number of likely N-dealkylation sites (tertiary alicyclic amines) is 1. The third-order valence-electron chi connectivity index (χ3n) is 4.79. The van der Waals surface area contributed by atoms with Gasteiger partial charge in [0.15, 0.2) is 0 Å². The SMILES string of the molecule is CC(C)N1CCCC1(C)COc1ccc2c(c1)CNC2. The van der Waals surface area contributed by atoms with Gasteiger partial charge in [0.25, 0.3) is 0 Å². The first-order valence-electron chi connectivity index (χ1n) is 7.80. The predicted octanol–water partition coefficient (Wildman–Crippen LogP) is 2.93. The highest BCUT2D eigenvalue weighted by atomic mass is 16.5. The molecule has 20 heavy (non-hydrogen) atoms. The van der Waals surface area contributed by atoms with Gasteiger partial charge in [-0.25, -0.2) is 0 Å². The van der Waals surface area contributed by atoms with E-state index >= 15 is 0 Å². The van der Waals surface area contributed by atoms with Crippen molar-refractivity contribution in [3.05, 3.63) is 29.3 Å². The molecule has 0 bridgehead atoms. The molecule has 0 radical (unpaired) electrons. The van der Waals surface area contributed by atoms with Gasteiger partial charge in [-0.05, 0) is 63.4 Å². The molecule has 110 valence electrons. The molecule has 2 aliphatic heterocycles. The van der Waals surface area contributed by atoms with Crippen LogP contribution in [-0.2, 0) is 13.1 Å². The number of rotatable bonds is 4. The van der Waals surface area contributed by atoms with Crippen molar-refractivity contribution in [1.29, 1.82) is 0 Å². The van der Waals surface area contributed by atoms with Crippen LogP contribution in [0.4, 0.5) is 0 Å². The summed E-state index contributed by atoms with van der Waals surface area (Å²) in [5.41, 5.74) is 2.99. The zero-order chi connectivity index (χ0) is 14.2. The van der Waals surface area contributed by atoms with Crippen LogP contribution in [0.25, 0.3) is 0 Å². The normalized spacial score (nSPS) is 26.2. The Morgan fingerprint density at radius 3 is 2.90 bits per heavy atom. The molecule has 2 aliphatic rings.